The normalized spacial score (nSPS) is 11.6. The summed E-state index contributed by atoms with van der Waals surface area (Å²) >= 11 is 7.65. The van der Waals surface area contributed by atoms with E-state index in [0.29, 0.717) is 0 Å². The van der Waals surface area contributed by atoms with Gasteiger partial charge in [-0.05, 0) is 28.1 Å². The van der Waals surface area contributed by atoms with Crippen molar-refractivity contribution in [3.63, 3.8) is 0 Å². The van der Waals surface area contributed by atoms with E-state index in [4.69, 9.17) is 11.6 Å². The van der Waals surface area contributed by atoms with Crippen LogP contribution in [-0.4, -0.2) is 11.7 Å². The highest BCUT2D eigenvalue weighted by molar-refractivity contribution is 9.10. The maximum Gasteiger partial charge on any atom is 0.418 e. The summed E-state index contributed by atoms with van der Waals surface area (Å²) in [5, 5.41) is 0. The van der Waals surface area contributed by atoms with Crippen molar-refractivity contribution in [3.8, 4) is 0 Å². The fourth-order valence-corrected chi connectivity index (χ4v) is 1.85. The molecule has 0 aliphatic rings. The topological polar surface area (TPSA) is 17.1 Å². The van der Waals surface area contributed by atoms with Crippen LogP contribution in [0.4, 0.5) is 17.6 Å². The monoisotopic (exact) mass is 318 g/mol. The van der Waals surface area contributed by atoms with Crippen LogP contribution in [0, 0.1) is 5.82 Å². The van der Waals surface area contributed by atoms with Gasteiger partial charge in [-0.15, -0.1) is 11.6 Å². The fourth-order valence-electron chi connectivity index (χ4n) is 1.13. The number of rotatable bonds is 2. The van der Waals surface area contributed by atoms with E-state index in [9.17, 15) is 22.4 Å². The lowest BCUT2D eigenvalue weighted by atomic mass is 10.0. The molecule has 0 N–H and O–H groups in total. The first kappa shape index (κ1) is 13.4. The van der Waals surface area contributed by atoms with Gasteiger partial charge in [-0.3, -0.25) is 4.79 Å². The summed E-state index contributed by atoms with van der Waals surface area (Å²) in [6, 6.07) is 1.55. The Morgan fingerprint density at radius 3 is 2.38 bits per heavy atom. The van der Waals surface area contributed by atoms with Crippen molar-refractivity contribution in [3.05, 3.63) is 33.5 Å². The maximum absolute atomic E-state index is 13.0. The number of halogens is 6. The zero-order valence-electron chi connectivity index (χ0n) is 7.54. The molecule has 0 unspecified atom stereocenters. The molecular formula is C9H4BrClF4O. The number of carbonyl (C=O) groups is 1. The molecule has 0 aliphatic carbocycles. The number of alkyl halides is 4. The molecule has 0 fully saturated rings. The van der Waals surface area contributed by atoms with Crippen molar-refractivity contribution in [1.82, 2.24) is 0 Å². The predicted octanol–water partition coefficient (Wildman–Crippen LogP) is 4.03. The lowest BCUT2D eigenvalue weighted by molar-refractivity contribution is -0.138. The van der Waals surface area contributed by atoms with Gasteiger partial charge in [-0.25, -0.2) is 4.39 Å². The Balaban J connectivity index is 3.52. The molecule has 0 saturated heterocycles. The molecule has 0 bridgehead atoms. The first-order valence-electron chi connectivity index (χ1n) is 3.93. The van der Waals surface area contributed by atoms with Gasteiger partial charge in [0.25, 0.3) is 0 Å². The third-order valence-electron chi connectivity index (χ3n) is 1.80. The number of benzene rings is 1. The SMILES string of the molecule is O=C(CCl)c1ccc(F)c(Br)c1C(F)(F)F. The van der Waals surface area contributed by atoms with E-state index in [-0.39, 0.29) is 0 Å². The molecule has 1 aromatic carbocycles. The van der Waals surface area contributed by atoms with Gasteiger partial charge < -0.3 is 0 Å². The van der Waals surface area contributed by atoms with E-state index < -0.39 is 39.3 Å². The zero-order chi connectivity index (χ0) is 12.5. The molecule has 0 aliphatic heterocycles. The van der Waals surface area contributed by atoms with Crippen molar-refractivity contribution in [2.24, 2.45) is 0 Å². The summed E-state index contributed by atoms with van der Waals surface area (Å²) in [7, 11) is 0. The van der Waals surface area contributed by atoms with Crippen LogP contribution in [0.15, 0.2) is 16.6 Å². The fraction of sp³-hybridized carbons (Fsp3) is 0.222. The van der Waals surface area contributed by atoms with E-state index in [1.54, 1.807) is 0 Å². The van der Waals surface area contributed by atoms with Gasteiger partial charge >= 0.3 is 6.18 Å². The Hall–Kier alpha value is -0.620. The number of carbonyl (C=O) groups excluding carboxylic acids is 1. The first-order valence-corrected chi connectivity index (χ1v) is 5.26. The van der Waals surface area contributed by atoms with Crippen LogP contribution in [0.2, 0.25) is 0 Å². The Labute approximate surface area is 102 Å². The van der Waals surface area contributed by atoms with Crippen molar-refractivity contribution in [2.45, 2.75) is 6.18 Å². The molecule has 16 heavy (non-hydrogen) atoms. The van der Waals surface area contributed by atoms with Crippen molar-refractivity contribution >= 4 is 33.3 Å². The van der Waals surface area contributed by atoms with Crippen LogP contribution < -0.4 is 0 Å². The van der Waals surface area contributed by atoms with E-state index in [2.05, 4.69) is 15.9 Å². The molecule has 1 nitrogen and oxygen atoms in total. The van der Waals surface area contributed by atoms with E-state index in [1.165, 1.54) is 0 Å². The highest BCUT2D eigenvalue weighted by atomic mass is 79.9. The lowest BCUT2D eigenvalue weighted by Gasteiger charge is -2.13. The summed E-state index contributed by atoms with van der Waals surface area (Å²) in [6.07, 6.45) is -4.82. The first-order chi connectivity index (χ1) is 7.29. The van der Waals surface area contributed by atoms with Gasteiger partial charge in [0.15, 0.2) is 5.78 Å². The maximum atomic E-state index is 13.0. The molecule has 0 radical (unpaired) electrons. The van der Waals surface area contributed by atoms with Crippen molar-refractivity contribution in [2.75, 3.05) is 5.88 Å². The third kappa shape index (κ3) is 2.55. The minimum Gasteiger partial charge on any atom is -0.293 e. The molecule has 88 valence electrons. The van der Waals surface area contributed by atoms with Crippen LogP contribution in [0.5, 0.6) is 0 Å². The van der Waals surface area contributed by atoms with Crippen LogP contribution in [-0.2, 0) is 6.18 Å². The average Bonchev–Trinajstić information content (AvgIpc) is 2.18. The van der Waals surface area contributed by atoms with E-state index in [1.807, 2.05) is 0 Å². The summed E-state index contributed by atoms with van der Waals surface area (Å²) in [5.41, 5.74) is -1.98. The highest BCUT2D eigenvalue weighted by Gasteiger charge is 2.38. The second kappa shape index (κ2) is 4.71. The van der Waals surface area contributed by atoms with E-state index in [0.717, 1.165) is 12.1 Å². The van der Waals surface area contributed by atoms with Crippen molar-refractivity contribution in [1.29, 1.82) is 0 Å². The average molecular weight is 319 g/mol. The minimum absolute atomic E-state index is 0.596. The Morgan fingerprint density at radius 2 is 1.94 bits per heavy atom. The largest absolute Gasteiger partial charge is 0.418 e. The molecule has 0 aromatic heterocycles. The van der Waals surface area contributed by atoms with Gasteiger partial charge in [-0.2, -0.15) is 13.2 Å². The van der Waals surface area contributed by atoms with Gasteiger partial charge in [0.2, 0.25) is 0 Å². The summed E-state index contributed by atoms with van der Waals surface area (Å²) in [4.78, 5) is 11.2. The van der Waals surface area contributed by atoms with Crippen LogP contribution in [0.3, 0.4) is 0 Å². The van der Waals surface area contributed by atoms with E-state index >= 15 is 0 Å². The molecule has 0 amide bonds. The molecule has 0 heterocycles. The second-order valence-corrected chi connectivity index (χ2v) is 3.90. The Morgan fingerprint density at radius 1 is 1.38 bits per heavy atom. The smallest absolute Gasteiger partial charge is 0.293 e. The zero-order valence-corrected chi connectivity index (χ0v) is 9.88. The third-order valence-corrected chi connectivity index (χ3v) is 2.82. The second-order valence-electron chi connectivity index (χ2n) is 2.84. The molecule has 0 atom stereocenters. The van der Waals surface area contributed by atoms with Crippen LogP contribution in [0.25, 0.3) is 0 Å². The number of hydrogen-bond acceptors (Lipinski definition) is 1. The van der Waals surface area contributed by atoms with Crippen LogP contribution in [0.1, 0.15) is 15.9 Å². The Kier molecular flexibility index (Phi) is 3.96. The van der Waals surface area contributed by atoms with Gasteiger partial charge in [0.05, 0.1) is 15.9 Å². The lowest BCUT2D eigenvalue weighted by Crippen LogP contribution is -2.15. The molecule has 0 spiro atoms. The Bertz CT molecular complexity index is 430. The van der Waals surface area contributed by atoms with Gasteiger partial charge in [0.1, 0.15) is 5.82 Å². The summed E-state index contributed by atoms with van der Waals surface area (Å²) in [6.45, 7) is 0. The van der Waals surface area contributed by atoms with Crippen molar-refractivity contribution < 1.29 is 22.4 Å². The van der Waals surface area contributed by atoms with Crippen LogP contribution >= 0.6 is 27.5 Å². The summed E-state index contributed by atoms with van der Waals surface area (Å²) < 4.78 is 50.0. The highest BCUT2D eigenvalue weighted by Crippen LogP contribution is 2.38. The molecular weight excluding hydrogens is 315 g/mol. The molecule has 7 heteroatoms. The number of Topliss-reactive ketones (excluding diaryl/α,β-unsaturated/α-hetero) is 1. The molecule has 0 saturated carbocycles. The minimum atomic E-state index is -4.82. The quantitative estimate of drug-likeness (QED) is 0.457. The van der Waals surface area contributed by atoms with Gasteiger partial charge in [0, 0.05) is 5.56 Å². The standard InChI is InChI=1S/C9H4BrClF4O/c10-8-5(12)2-1-4(6(16)3-11)7(8)9(13,14)15/h1-2H,3H2. The molecule has 1 aromatic rings. The number of ketones is 1. The predicted molar refractivity (Wildman–Crippen MR) is 54.2 cm³/mol. The van der Waals surface area contributed by atoms with Gasteiger partial charge in [-0.1, -0.05) is 0 Å². The molecule has 1 rings (SSSR count). The summed E-state index contributed by atoms with van der Waals surface area (Å²) in [5.74, 6) is -2.59. The number of hydrogen-bond donors (Lipinski definition) is 0.